The molecule has 0 aliphatic carbocycles. The highest BCUT2D eigenvalue weighted by Crippen LogP contribution is 2.36. The first-order chi connectivity index (χ1) is 9.77. The van der Waals surface area contributed by atoms with Crippen LogP contribution in [-0.2, 0) is 0 Å². The molecule has 4 nitrogen and oxygen atoms in total. The van der Waals surface area contributed by atoms with E-state index in [-0.39, 0.29) is 11.3 Å². The van der Waals surface area contributed by atoms with Crippen LogP contribution in [0.2, 0.25) is 0 Å². The minimum Gasteiger partial charge on any atom is -0.496 e. The second kappa shape index (κ2) is 8.03. The molecule has 118 valence electrons. The Bertz CT molecular complexity index is 505. The first-order valence-corrected chi connectivity index (χ1v) is 8.37. The third kappa shape index (κ3) is 5.51. The Labute approximate surface area is 143 Å². The fourth-order valence-electron chi connectivity index (χ4n) is 1.76. The Balaban J connectivity index is 2.43. The monoisotopic (exact) mass is 420 g/mol. The first-order valence-electron chi connectivity index (χ1n) is 6.78. The summed E-state index contributed by atoms with van der Waals surface area (Å²) < 4.78 is 12.7. The molecule has 0 bridgehead atoms. The van der Waals surface area contributed by atoms with Crippen LogP contribution < -0.4 is 15.2 Å². The highest BCUT2D eigenvalue weighted by molar-refractivity contribution is 9.11. The number of unbranched alkanes of at least 4 members (excludes halogenated alkanes) is 1. The molecule has 0 aromatic heterocycles. The van der Waals surface area contributed by atoms with Crippen LogP contribution in [0.3, 0.4) is 0 Å². The normalized spacial score (nSPS) is 11.3. The Kier molecular flexibility index (Phi) is 7.00. The second-order valence-corrected chi connectivity index (χ2v) is 7.23. The van der Waals surface area contributed by atoms with Crippen molar-refractivity contribution in [1.29, 1.82) is 5.41 Å². The van der Waals surface area contributed by atoms with Crippen LogP contribution >= 0.6 is 31.9 Å². The van der Waals surface area contributed by atoms with Gasteiger partial charge >= 0.3 is 0 Å². The van der Waals surface area contributed by atoms with Gasteiger partial charge in [0.05, 0.1) is 28.5 Å². The van der Waals surface area contributed by atoms with Crippen LogP contribution in [-0.4, -0.2) is 19.6 Å². The van der Waals surface area contributed by atoms with Gasteiger partial charge in [0.15, 0.2) is 0 Å². The van der Waals surface area contributed by atoms with Crippen molar-refractivity contribution in [2.24, 2.45) is 11.1 Å². The molecule has 3 N–H and O–H groups in total. The van der Waals surface area contributed by atoms with Crippen LogP contribution in [0.1, 0.15) is 33.1 Å². The first kappa shape index (κ1) is 18.3. The van der Waals surface area contributed by atoms with Crippen molar-refractivity contribution in [3.8, 4) is 11.5 Å². The van der Waals surface area contributed by atoms with Gasteiger partial charge in [-0.1, -0.05) is 13.8 Å². The summed E-state index contributed by atoms with van der Waals surface area (Å²) >= 11 is 6.91. The molecular weight excluding hydrogens is 400 g/mol. The lowest BCUT2D eigenvalue weighted by atomic mass is 9.86. The standard InChI is InChI=1S/C15H22Br2N2O2/c1-15(2,14(18)19)6-4-5-7-21-13-9-10(16)12(20-3)8-11(13)17/h8-9H,4-7H2,1-3H3,(H3,18,19). The molecule has 0 saturated carbocycles. The molecule has 0 atom stereocenters. The van der Waals surface area contributed by atoms with Gasteiger partial charge in [-0.05, 0) is 63.3 Å². The maximum atomic E-state index is 7.53. The summed E-state index contributed by atoms with van der Waals surface area (Å²) in [5, 5.41) is 7.53. The maximum Gasteiger partial charge on any atom is 0.134 e. The number of nitrogens with one attached hydrogen (secondary N) is 1. The predicted molar refractivity (Wildman–Crippen MR) is 93.4 cm³/mol. The van der Waals surface area contributed by atoms with E-state index in [1.165, 1.54) is 0 Å². The molecule has 1 rings (SSSR count). The highest BCUT2D eigenvalue weighted by Gasteiger charge is 2.20. The number of rotatable bonds is 8. The third-order valence-corrected chi connectivity index (χ3v) is 4.63. The molecule has 0 aliphatic heterocycles. The van der Waals surface area contributed by atoms with E-state index in [2.05, 4.69) is 31.9 Å². The number of amidine groups is 1. The number of hydrogen-bond acceptors (Lipinski definition) is 3. The SMILES string of the molecule is COc1cc(Br)c(OCCCCC(C)(C)C(=N)N)cc1Br. The zero-order valence-corrected chi connectivity index (χ0v) is 15.8. The van der Waals surface area contributed by atoms with Gasteiger partial charge in [0.25, 0.3) is 0 Å². The zero-order chi connectivity index (χ0) is 16.0. The van der Waals surface area contributed by atoms with Crippen molar-refractivity contribution in [2.75, 3.05) is 13.7 Å². The number of methoxy groups -OCH3 is 1. The average Bonchev–Trinajstić information content (AvgIpc) is 2.41. The van der Waals surface area contributed by atoms with E-state index < -0.39 is 0 Å². The lowest BCUT2D eigenvalue weighted by Crippen LogP contribution is -2.30. The molecule has 0 spiro atoms. The number of nitrogens with two attached hydrogens (primary N) is 1. The third-order valence-electron chi connectivity index (χ3n) is 3.39. The van der Waals surface area contributed by atoms with Gasteiger partial charge in [-0.3, -0.25) is 5.41 Å². The van der Waals surface area contributed by atoms with Gasteiger partial charge in [0.2, 0.25) is 0 Å². The minimum atomic E-state index is -0.232. The van der Waals surface area contributed by atoms with Crippen molar-refractivity contribution in [3.63, 3.8) is 0 Å². The predicted octanol–water partition coefficient (Wildman–Crippen LogP) is 4.73. The average molecular weight is 422 g/mol. The molecule has 0 radical (unpaired) electrons. The van der Waals surface area contributed by atoms with Crippen LogP contribution in [0.15, 0.2) is 21.1 Å². The second-order valence-electron chi connectivity index (χ2n) is 5.52. The molecule has 1 aromatic carbocycles. The molecule has 1 aromatic rings. The molecule has 0 aliphatic rings. The van der Waals surface area contributed by atoms with Gasteiger partial charge in [0, 0.05) is 5.41 Å². The van der Waals surface area contributed by atoms with Gasteiger partial charge in [-0.15, -0.1) is 0 Å². The fourth-order valence-corrected chi connectivity index (χ4v) is 2.68. The van der Waals surface area contributed by atoms with E-state index in [0.29, 0.717) is 6.61 Å². The van der Waals surface area contributed by atoms with Gasteiger partial charge in [-0.2, -0.15) is 0 Å². The Morgan fingerprint density at radius 3 is 2.33 bits per heavy atom. The molecule has 0 fully saturated rings. The highest BCUT2D eigenvalue weighted by atomic mass is 79.9. The largest absolute Gasteiger partial charge is 0.496 e. The fraction of sp³-hybridized carbons (Fsp3) is 0.533. The quantitative estimate of drug-likeness (QED) is 0.362. The van der Waals surface area contributed by atoms with Gasteiger partial charge in [0.1, 0.15) is 11.5 Å². The van der Waals surface area contributed by atoms with E-state index in [0.717, 1.165) is 39.7 Å². The molecule has 0 heterocycles. The summed E-state index contributed by atoms with van der Waals surface area (Å²) in [4.78, 5) is 0. The van der Waals surface area contributed by atoms with Crippen molar-refractivity contribution in [3.05, 3.63) is 21.1 Å². The van der Waals surface area contributed by atoms with E-state index in [9.17, 15) is 0 Å². The van der Waals surface area contributed by atoms with E-state index in [1.807, 2.05) is 26.0 Å². The summed E-state index contributed by atoms with van der Waals surface area (Å²) in [5.41, 5.74) is 5.34. The number of hydrogen-bond donors (Lipinski definition) is 2. The Morgan fingerprint density at radius 1 is 1.19 bits per heavy atom. The number of benzene rings is 1. The van der Waals surface area contributed by atoms with Crippen LogP contribution in [0, 0.1) is 10.8 Å². The summed E-state index contributed by atoms with van der Waals surface area (Å²) in [7, 11) is 1.63. The van der Waals surface area contributed by atoms with Crippen molar-refractivity contribution in [2.45, 2.75) is 33.1 Å². The van der Waals surface area contributed by atoms with E-state index in [4.69, 9.17) is 20.6 Å². The number of ether oxygens (including phenoxy) is 2. The lowest BCUT2D eigenvalue weighted by Gasteiger charge is -2.22. The summed E-state index contributed by atoms with van der Waals surface area (Å²) in [6, 6.07) is 3.76. The van der Waals surface area contributed by atoms with E-state index in [1.54, 1.807) is 7.11 Å². The molecule has 0 saturated heterocycles. The van der Waals surface area contributed by atoms with E-state index >= 15 is 0 Å². The summed E-state index contributed by atoms with van der Waals surface area (Å²) in [5.74, 6) is 1.79. The van der Waals surface area contributed by atoms with Crippen molar-refractivity contribution >= 4 is 37.7 Å². The molecule has 0 unspecified atom stereocenters. The van der Waals surface area contributed by atoms with Gasteiger partial charge < -0.3 is 15.2 Å². The van der Waals surface area contributed by atoms with Crippen LogP contribution in [0.4, 0.5) is 0 Å². The van der Waals surface area contributed by atoms with Crippen molar-refractivity contribution < 1.29 is 9.47 Å². The number of halogens is 2. The topological polar surface area (TPSA) is 68.3 Å². The Morgan fingerprint density at radius 2 is 1.76 bits per heavy atom. The summed E-state index contributed by atoms with van der Waals surface area (Å²) in [6.07, 6.45) is 2.79. The molecule has 6 heteroatoms. The van der Waals surface area contributed by atoms with Crippen LogP contribution in [0.5, 0.6) is 11.5 Å². The molecular formula is C15H22Br2N2O2. The Hall–Kier alpha value is -0.750. The van der Waals surface area contributed by atoms with Crippen LogP contribution in [0.25, 0.3) is 0 Å². The lowest BCUT2D eigenvalue weighted by molar-refractivity contribution is 0.294. The van der Waals surface area contributed by atoms with Gasteiger partial charge in [-0.25, -0.2) is 0 Å². The maximum absolute atomic E-state index is 7.53. The minimum absolute atomic E-state index is 0.232. The molecule has 0 amide bonds. The van der Waals surface area contributed by atoms with Crippen molar-refractivity contribution in [1.82, 2.24) is 0 Å². The molecule has 21 heavy (non-hydrogen) atoms. The summed E-state index contributed by atoms with van der Waals surface area (Å²) in [6.45, 7) is 4.62. The zero-order valence-electron chi connectivity index (χ0n) is 12.6. The smallest absolute Gasteiger partial charge is 0.134 e.